The fraction of sp³-hybridized carbons (Fsp3) is 0.417. The third-order valence-electron chi connectivity index (χ3n) is 5.08. The molecule has 7 heteroatoms. The molecule has 0 heterocycles. The second-order valence-electron chi connectivity index (χ2n) is 8.07. The molecule has 0 fully saturated rings. The fourth-order valence-corrected chi connectivity index (χ4v) is 3.44. The van der Waals surface area contributed by atoms with Crippen LogP contribution in [-0.4, -0.2) is 35.9 Å². The molecular weight excluding hydrogens is 435 g/mol. The molecule has 5 nitrogen and oxygen atoms in total. The minimum atomic E-state index is -0.720. The van der Waals surface area contributed by atoms with Gasteiger partial charge in [0.25, 0.3) is 5.91 Å². The molecular formula is C24H30Cl2N2O3. The van der Waals surface area contributed by atoms with Crippen LogP contribution in [0.2, 0.25) is 10.0 Å². The molecule has 0 aliphatic rings. The van der Waals surface area contributed by atoms with Gasteiger partial charge in [0.1, 0.15) is 11.8 Å². The molecule has 2 aromatic rings. The molecule has 0 unspecified atom stereocenters. The van der Waals surface area contributed by atoms with Gasteiger partial charge >= 0.3 is 0 Å². The lowest BCUT2D eigenvalue weighted by atomic mass is 10.1. The van der Waals surface area contributed by atoms with Crippen LogP contribution in [0.1, 0.15) is 37.5 Å². The first-order chi connectivity index (χ1) is 14.6. The Bertz CT molecular complexity index is 911. The Kier molecular flexibility index (Phi) is 9.20. The van der Waals surface area contributed by atoms with E-state index in [1.165, 1.54) is 4.90 Å². The fourth-order valence-electron chi connectivity index (χ4n) is 2.92. The maximum absolute atomic E-state index is 13.1. The van der Waals surface area contributed by atoms with Gasteiger partial charge in [0.2, 0.25) is 5.91 Å². The van der Waals surface area contributed by atoms with Crippen molar-refractivity contribution in [2.24, 2.45) is 5.92 Å². The smallest absolute Gasteiger partial charge is 0.261 e. The van der Waals surface area contributed by atoms with Crippen LogP contribution in [0, 0.1) is 19.8 Å². The zero-order chi connectivity index (χ0) is 23.1. The Hall–Kier alpha value is -2.24. The summed E-state index contributed by atoms with van der Waals surface area (Å²) < 4.78 is 5.72. The van der Waals surface area contributed by atoms with Crippen LogP contribution < -0.4 is 10.1 Å². The highest BCUT2D eigenvalue weighted by atomic mass is 35.5. The van der Waals surface area contributed by atoms with E-state index in [2.05, 4.69) is 5.32 Å². The topological polar surface area (TPSA) is 58.6 Å². The third kappa shape index (κ3) is 7.15. The zero-order valence-corrected chi connectivity index (χ0v) is 20.2. The van der Waals surface area contributed by atoms with Gasteiger partial charge in [-0.05, 0) is 62.1 Å². The summed E-state index contributed by atoms with van der Waals surface area (Å²) >= 11 is 12.6. The number of rotatable bonds is 9. The summed E-state index contributed by atoms with van der Waals surface area (Å²) in [5.41, 5.74) is 2.81. The van der Waals surface area contributed by atoms with Gasteiger partial charge in [-0.2, -0.15) is 0 Å². The predicted octanol–water partition coefficient (Wildman–Crippen LogP) is 5.18. The van der Waals surface area contributed by atoms with Crippen LogP contribution in [0.25, 0.3) is 0 Å². The monoisotopic (exact) mass is 464 g/mol. The van der Waals surface area contributed by atoms with Crippen molar-refractivity contribution in [1.29, 1.82) is 0 Å². The van der Waals surface area contributed by atoms with Crippen molar-refractivity contribution in [2.45, 2.75) is 47.2 Å². The SMILES string of the molecule is Cc1ccc(OCC(=O)N(Cc2c(Cl)cccc2Cl)[C@H](C)C(=O)NCC(C)C)cc1C. The molecule has 2 rings (SSSR count). The normalized spacial score (nSPS) is 11.9. The standard InChI is InChI=1S/C24H30Cl2N2O3/c1-15(2)12-27-24(30)18(5)28(13-20-21(25)7-6-8-22(20)26)23(29)14-31-19-10-9-16(3)17(4)11-19/h6-11,15,18H,12-14H2,1-5H3,(H,27,30)/t18-/m1/s1. The summed E-state index contributed by atoms with van der Waals surface area (Å²) in [7, 11) is 0. The number of halogens is 2. The van der Waals surface area contributed by atoms with Gasteiger partial charge in [0.15, 0.2) is 6.61 Å². The van der Waals surface area contributed by atoms with Gasteiger partial charge in [-0.3, -0.25) is 9.59 Å². The number of ether oxygens (including phenoxy) is 1. The number of carbonyl (C=O) groups excluding carboxylic acids is 2. The highest BCUT2D eigenvalue weighted by Gasteiger charge is 2.28. The average molecular weight is 465 g/mol. The molecule has 0 bridgehead atoms. The number of aryl methyl sites for hydroxylation is 2. The summed E-state index contributed by atoms with van der Waals surface area (Å²) in [6.07, 6.45) is 0. The number of nitrogens with zero attached hydrogens (tertiary/aromatic N) is 1. The van der Waals surface area contributed by atoms with E-state index >= 15 is 0 Å². The first-order valence-electron chi connectivity index (χ1n) is 10.3. The molecule has 0 aliphatic heterocycles. The highest BCUT2D eigenvalue weighted by molar-refractivity contribution is 6.36. The van der Waals surface area contributed by atoms with Gasteiger partial charge in [-0.15, -0.1) is 0 Å². The van der Waals surface area contributed by atoms with Crippen molar-refractivity contribution >= 4 is 35.0 Å². The van der Waals surface area contributed by atoms with E-state index < -0.39 is 6.04 Å². The van der Waals surface area contributed by atoms with Gasteiger partial charge in [-0.25, -0.2) is 0 Å². The average Bonchev–Trinajstić information content (AvgIpc) is 2.72. The van der Waals surface area contributed by atoms with Gasteiger partial charge < -0.3 is 15.0 Å². The molecule has 2 aromatic carbocycles. The number of amides is 2. The summed E-state index contributed by atoms with van der Waals surface area (Å²) in [6, 6.07) is 10.1. The van der Waals surface area contributed by atoms with Crippen molar-refractivity contribution in [3.8, 4) is 5.75 Å². The van der Waals surface area contributed by atoms with Crippen LogP contribution in [0.15, 0.2) is 36.4 Å². The number of carbonyl (C=O) groups is 2. The summed E-state index contributed by atoms with van der Waals surface area (Å²) in [4.78, 5) is 27.3. The number of benzene rings is 2. The maximum atomic E-state index is 13.1. The Morgan fingerprint density at radius 2 is 1.68 bits per heavy atom. The number of hydrogen-bond acceptors (Lipinski definition) is 3. The quantitative estimate of drug-likeness (QED) is 0.555. The van der Waals surface area contributed by atoms with Crippen molar-refractivity contribution in [2.75, 3.05) is 13.2 Å². The van der Waals surface area contributed by atoms with Crippen LogP contribution in [0.3, 0.4) is 0 Å². The van der Waals surface area contributed by atoms with Crippen LogP contribution in [0.5, 0.6) is 5.75 Å². The largest absolute Gasteiger partial charge is 0.484 e. The van der Waals surface area contributed by atoms with E-state index in [-0.39, 0.29) is 25.0 Å². The summed E-state index contributed by atoms with van der Waals surface area (Å²) in [5, 5.41) is 3.76. The van der Waals surface area contributed by atoms with E-state index in [1.807, 2.05) is 45.9 Å². The Balaban J connectivity index is 2.21. The lowest BCUT2D eigenvalue weighted by Gasteiger charge is -2.29. The minimum absolute atomic E-state index is 0.101. The number of hydrogen-bond donors (Lipinski definition) is 1. The highest BCUT2D eigenvalue weighted by Crippen LogP contribution is 2.26. The summed E-state index contributed by atoms with van der Waals surface area (Å²) in [5.74, 6) is 0.327. The van der Waals surface area contributed by atoms with E-state index in [9.17, 15) is 9.59 Å². The summed E-state index contributed by atoms with van der Waals surface area (Å²) in [6.45, 7) is 10.1. The Labute approximate surface area is 194 Å². The van der Waals surface area contributed by atoms with Gasteiger partial charge in [0, 0.05) is 28.7 Å². The molecule has 2 amide bonds. The molecule has 0 aliphatic carbocycles. The van der Waals surface area contributed by atoms with Crippen molar-refractivity contribution in [3.63, 3.8) is 0 Å². The van der Waals surface area contributed by atoms with Gasteiger partial charge in [-0.1, -0.05) is 49.2 Å². The van der Waals surface area contributed by atoms with Crippen LogP contribution in [0.4, 0.5) is 0 Å². The Morgan fingerprint density at radius 3 is 2.26 bits per heavy atom. The van der Waals surface area contributed by atoms with Crippen molar-refractivity contribution in [1.82, 2.24) is 10.2 Å². The lowest BCUT2D eigenvalue weighted by molar-refractivity contribution is -0.142. The second kappa shape index (κ2) is 11.4. The molecule has 31 heavy (non-hydrogen) atoms. The second-order valence-corrected chi connectivity index (χ2v) is 8.89. The van der Waals surface area contributed by atoms with E-state index in [0.29, 0.717) is 33.8 Å². The maximum Gasteiger partial charge on any atom is 0.261 e. The number of nitrogens with one attached hydrogen (secondary N) is 1. The molecule has 1 N–H and O–H groups in total. The molecule has 1 atom stereocenters. The molecule has 0 saturated heterocycles. The molecule has 0 aromatic heterocycles. The van der Waals surface area contributed by atoms with E-state index in [4.69, 9.17) is 27.9 Å². The molecule has 0 spiro atoms. The Morgan fingerprint density at radius 1 is 1.03 bits per heavy atom. The van der Waals surface area contributed by atoms with E-state index in [0.717, 1.165) is 11.1 Å². The van der Waals surface area contributed by atoms with Crippen LogP contribution >= 0.6 is 23.2 Å². The van der Waals surface area contributed by atoms with Crippen LogP contribution in [-0.2, 0) is 16.1 Å². The first kappa shape index (κ1) is 25.0. The third-order valence-corrected chi connectivity index (χ3v) is 5.79. The van der Waals surface area contributed by atoms with E-state index in [1.54, 1.807) is 25.1 Å². The molecule has 0 saturated carbocycles. The molecule has 168 valence electrons. The first-order valence-corrected chi connectivity index (χ1v) is 11.1. The lowest BCUT2D eigenvalue weighted by Crippen LogP contribution is -2.49. The molecule has 0 radical (unpaired) electrons. The van der Waals surface area contributed by atoms with Crippen molar-refractivity contribution < 1.29 is 14.3 Å². The predicted molar refractivity (Wildman–Crippen MR) is 126 cm³/mol. The zero-order valence-electron chi connectivity index (χ0n) is 18.7. The van der Waals surface area contributed by atoms with Crippen molar-refractivity contribution in [3.05, 3.63) is 63.1 Å². The minimum Gasteiger partial charge on any atom is -0.484 e. The van der Waals surface area contributed by atoms with Gasteiger partial charge in [0.05, 0.1) is 0 Å².